The van der Waals surface area contributed by atoms with Crippen LogP contribution in [0.5, 0.6) is 0 Å². The number of cyclic esters (lactones) is 1. The molecule has 2 heterocycles. The maximum atomic E-state index is 14.8. The van der Waals surface area contributed by atoms with Crippen molar-refractivity contribution in [3.8, 4) is 0 Å². The van der Waals surface area contributed by atoms with Crippen LogP contribution in [0, 0.1) is 11.6 Å². The van der Waals surface area contributed by atoms with Gasteiger partial charge in [0.1, 0.15) is 17.6 Å². The zero-order chi connectivity index (χ0) is 20.8. The van der Waals surface area contributed by atoms with Crippen molar-refractivity contribution in [2.45, 2.75) is 51.6 Å². The number of hydrogen-bond acceptors (Lipinski definition) is 5. The average Bonchev–Trinajstić information content (AvgIpc) is 3.02. The predicted octanol–water partition coefficient (Wildman–Crippen LogP) is 4.77. The minimum Gasteiger partial charge on any atom is -0.444 e. The molecule has 0 saturated carbocycles. The molecule has 160 valence electrons. The first-order chi connectivity index (χ1) is 14.0. The highest BCUT2D eigenvalue weighted by molar-refractivity contribution is 7.99. The SMILES string of the molecule is CCCC(=O)CC[C@H]1CN(c2cc(F)c(N3CCCSCCC3)c(F)c2)C(=O)O1. The molecule has 2 saturated heterocycles. The van der Waals surface area contributed by atoms with Gasteiger partial charge in [-0.15, -0.1) is 0 Å². The van der Waals surface area contributed by atoms with Crippen LogP contribution in [0.4, 0.5) is 25.0 Å². The Balaban J connectivity index is 1.69. The van der Waals surface area contributed by atoms with Crippen LogP contribution >= 0.6 is 11.8 Å². The predicted molar refractivity (Wildman–Crippen MR) is 112 cm³/mol. The van der Waals surface area contributed by atoms with Crippen LogP contribution < -0.4 is 9.80 Å². The molecular formula is C21H28F2N2O3S. The maximum Gasteiger partial charge on any atom is 0.414 e. The van der Waals surface area contributed by atoms with Gasteiger partial charge >= 0.3 is 6.09 Å². The quantitative estimate of drug-likeness (QED) is 0.628. The Morgan fingerprint density at radius 1 is 1.17 bits per heavy atom. The molecule has 1 aromatic carbocycles. The number of ether oxygens (including phenoxy) is 1. The van der Waals surface area contributed by atoms with E-state index in [1.54, 1.807) is 4.90 Å². The highest BCUT2D eigenvalue weighted by Gasteiger charge is 2.33. The summed E-state index contributed by atoms with van der Waals surface area (Å²) in [6.07, 6.45) is 2.75. The molecule has 1 aromatic rings. The van der Waals surface area contributed by atoms with Crippen molar-refractivity contribution >= 4 is 35.0 Å². The third kappa shape index (κ3) is 5.62. The summed E-state index contributed by atoms with van der Waals surface area (Å²) in [6, 6.07) is 2.41. The first-order valence-electron chi connectivity index (χ1n) is 10.3. The highest BCUT2D eigenvalue weighted by Crippen LogP contribution is 2.32. The van der Waals surface area contributed by atoms with Gasteiger partial charge in [0.15, 0.2) is 11.6 Å². The summed E-state index contributed by atoms with van der Waals surface area (Å²) in [5, 5.41) is 0. The number of Topliss-reactive ketones (excluding diaryl/α,β-unsaturated/α-hetero) is 1. The van der Waals surface area contributed by atoms with E-state index in [9.17, 15) is 18.4 Å². The minimum absolute atomic E-state index is 0.0186. The Bertz CT molecular complexity index is 716. The van der Waals surface area contributed by atoms with E-state index in [0.717, 1.165) is 30.8 Å². The second-order valence-electron chi connectivity index (χ2n) is 7.51. The number of nitrogens with zero attached hydrogens (tertiary/aromatic N) is 2. The second kappa shape index (κ2) is 10.3. The Labute approximate surface area is 174 Å². The van der Waals surface area contributed by atoms with Crippen molar-refractivity contribution in [2.24, 2.45) is 0 Å². The summed E-state index contributed by atoms with van der Waals surface area (Å²) in [5.41, 5.74) is 0.133. The zero-order valence-corrected chi connectivity index (χ0v) is 17.6. The monoisotopic (exact) mass is 426 g/mol. The summed E-state index contributed by atoms with van der Waals surface area (Å²) >= 11 is 1.87. The van der Waals surface area contributed by atoms with Gasteiger partial charge in [0.05, 0.1) is 12.2 Å². The lowest BCUT2D eigenvalue weighted by molar-refractivity contribution is -0.119. The van der Waals surface area contributed by atoms with E-state index in [1.807, 2.05) is 18.7 Å². The van der Waals surface area contributed by atoms with Crippen LogP contribution in [0.15, 0.2) is 12.1 Å². The Hall–Kier alpha value is -1.83. The van der Waals surface area contributed by atoms with Gasteiger partial charge in [-0.2, -0.15) is 11.8 Å². The lowest BCUT2D eigenvalue weighted by Gasteiger charge is -2.28. The lowest BCUT2D eigenvalue weighted by Crippen LogP contribution is -2.30. The Morgan fingerprint density at radius 2 is 1.83 bits per heavy atom. The fourth-order valence-corrected chi connectivity index (χ4v) is 4.64. The summed E-state index contributed by atoms with van der Waals surface area (Å²) in [7, 11) is 0. The summed E-state index contributed by atoms with van der Waals surface area (Å²) in [6.45, 7) is 3.35. The van der Waals surface area contributed by atoms with Crippen molar-refractivity contribution in [1.82, 2.24) is 0 Å². The fourth-order valence-electron chi connectivity index (χ4n) is 3.77. The molecule has 1 atom stereocenters. The number of rotatable bonds is 7. The molecule has 29 heavy (non-hydrogen) atoms. The third-order valence-corrected chi connectivity index (χ3v) is 6.37. The summed E-state index contributed by atoms with van der Waals surface area (Å²) in [5.74, 6) is 0.777. The van der Waals surface area contributed by atoms with Crippen LogP contribution in [-0.2, 0) is 9.53 Å². The van der Waals surface area contributed by atoms with Gasteiger partial charge < -0.3 is 9.64 Å². The van der Waals surface area contributed by atoms with Crippen molar-refractivity contribution in [3.05, 3.63) is 23.8 Å². The van der Waals surface area contributed by atoms with E-state index in [4.69, 9.17) is 4.74 Å². The molecule has 0 N–H and O–H groups in total. The molecule has 0 bridgehead atoms. The van der Waals surface area contributed by atoms with E-state index in [1.165, 1.54) is 17.0 Å². The first kappa shape index (κ1) is 21.9. The van der Waals surface area contributed by atoms with Gasteiger partial charge in [-0.05, 0) is 37.2 Å². The fraction of sp³-hybridized carbons (Fsp3) is 0.619. The molecule has 2 fully saturated rings. The Morgan fingerprint density at radius 3 is 2.45 bits per heavy atom. The van der Waals surface area contributed by atoms with Gasteiger partial charge in [0.25, 0.3) is 0 Å². The summed E-state index contributed by atoms with van der Waals surface area (Å²) in [4.78, 5) is 26.9. The van der Waals surface area contributed by atoms with Crippen LogP contribution in [0.3, 0.4) is 0 Å². The average molecular weight is 427 g/mol. The van der Waals surface area contributed by atoms with Crippen LogP contribution in [0.2, 0.25) is 0 Å². The molecule has 0 radical (unpaired) electrons. The number of halogens is 2. The number of benzene rings is 1. The normalized spacial score (nSPS) is 20.4. The molecule has 0 aromatic heterocycles. The lowest BCUT2D eigenvalue weighted by atomic mass is 10.1. The van der Waals surface area contributed by atoms with Crippen molar-refractivity contribution in [1.29, 1.82) is 0 Å². The smallest absolute Gasteiger partial charge is 0.414 e. The zero-order valence-electron chi connectivity index (χ0n) is 16.8. The second-order valence-corrected chi connectivity index (χ2v) is 8.73. The van der Waals surface area contributed by atoms with E-state index in [0.29, 0.717) is 32.4 Å². The third-order valence-electron chi connectivity index (χ3n) is 5.21. The number of anilines is 2. The highest BCUT2D eigenvalue weighted by atomic mass is 32.2. The van der Waals surface area contributed by atoms with E-state index < -0.39 is 23.8 Å². The molecule has 3 rings (SSSR count). The van der Waals surface area contributed by atoms with Gasteiger partial charge in [0, 0.05) is 38.1 Å². The topological polar surface area (TPSA) is 49.9 Å². The van der Waals surface area contributed by atoms with E-state index in [2.05, 4.69) is 0 Å². The minimum atomic E-state index is -0.664. The number of carbonyl (C=O) groups excluding carboxylic acids is 2. The number of ketones is 1. The van der Waals surface area contributed by atoms with Crippen LogP contribution in [0.25, 0.3) is 0 Å². The van der Waals surface area contributed by atoms with E-state index >= 15 is 0 Å². The summed E-state index contributed by atoms with van der Waals surface area (Å²) < 4.78 is 35.0. The van der Waals surface area contributed by atoms with Gasteiger partial charge in [-0.1, -0.05) is 6.92 Å². The molecule has 0 spiro atoms. The van der Waals surface area contributed by atoms with Gasteiger partial charge in [0.2, 0.25) is 0 Å². The largest absolute Gasteiger partial charge is 0.444 e. The molecule has 2 aliphatic heterocycles. The molecule has 8 heteroatoms. The molecular weight excluding hydrogens is 398 g/mol. The number of amides is 1. The molecule has 5 nitrogen and oxygen atoms in total. The van der Waals surface area contributed by atoms with Crippen molar-refractivity contribution < 1.29 is 23.1 Å². The van der Waals surface area contributed by atoms with Crippen LogP contribution in [-0.4, -0.2) is 49.1 Å². The van der Waals surface area contributed by atoms with Gasteiger partial charge in [-0.25, -0.2) is 13.6 Å². The molecule has 1 amide bonds. The van der Waals surface area contributed by atoms with Crippen molar-refractivity contribution in [2.75, 3.05) is 40.9 Å². The number of carbonyl (C=O) groups is 2. The van der Waals surface area contributed by atoms with E-state index in [-0.39, 0.29) is 23.7 Å². The maximum absolute atomic E-state index is 14.8. The first-order valence-corrected chi connectivity index (χ1v) is 11.5. The Kier molecular flexibility index (Phi) is 7.75. The van der Waals surface area contributed by atoms with Crippen LogP contribution in [0.1, 0.15) is 45.4 Å². The number of hydrogen-bond donors (Lipinski definition) is 0. The molecule has 0 unspecified atom stereocenters. The molecule has 2 aliphatic rings. The molecule has 0 aliphatic carbocycles. The number of thioether (sulfide) groups is 1. The standard InChI is InChI=1S/C21H28F2N2O3S/c1-2-5-16(26)6-7-17-14-25(21(27)28-17)15-12-18(22)20(19(23)13-15)24-8-3-10-29-11-4-9-24/h12-13,17H,2-11,14H2,1H3/t17-/m0/s1. The van der Waals surface area contributed by atoms with Gasteiger partial charge in [-0.3, -0.25) is 9.69 Å². The van der Waals surface area contributed by atoms with Crippen molar-refractivity contribution in [3.63, 3.8) is 0 Å².